The fourth-order valence-corrected chi connectivity index (χ4v) is 1.72. The van der Waals surface area contributed by atoms with Gasteiger partial charge in [-0.05, 0) is 30.3 Å². The zero-order valence-corrected chi connectivity index (χ0v) is 10.4. The number of carbonyl (C=O) groups is 1. The number of nitrogens with zero attached hydrogens (tertiary/aromatic N) is 1. The smallest absolute Gasteiger partial charge is 0.339 e. The Morgan fingerprint density at radius 2 is 1.95 bits per heavy atom. The van der Waals surface area contributed by atoms with Gasteiger partial charge in [-0.3, -0.25) is 0 Å². The summed E-state index contributed by atoms with van der Waals surface area (Å²) in [5.74, 6) is -0.587. The van der Waals surface area contributed by atoms with Crippen molar-refractivity contribution in [2.45, 2.75) is 0 Å². The standard InChI is InChI=1S/C14H8ClNO3/c15-11-7-9(8-16)5-6-13(11)19-12-4-2-1-3-10(12)14(17)18/h1-7H,(H,17,18). The van der Waals surface area contributed by atoms with Crippen LogP contribution in [-0.4, -0.2) is 11.1 Å². The van der Waals surface area contributed by atoms with Gasteiger partial charge in [-0.2, -0.15) is 5.26 Å². The number of ether oxygens (including phenoxy) is 1. The molecule has 0 atom stereocenters. The van der Waals surface area contributed by atoms with Crippen molar-refractivity contribution in [3.8, 4) is 17.6 Å². The Morgan fingerprint density at radius 1 is 1.21 bits per heavy atom. The molecule has 0 aliphatic heterocycles. The molecule has 0 spiro atoms. The van der Waals surface area contributed by atoms with Crippen molar-refractivity contribution < 1.29 is 14.6 Å². The number of benzene rings is 2. The van der Waals surface area contributed by atoms with Gasteiger partial charge in [-0.15, -0.1) is 0 Å². The van der Waals surface area contributed by atoms with Gasteiger partial charge in [0.15, 0.2) is 0 Å². The highest BCUT2D eigenvalue weighted by Gasteiger charge is 2.12. The first-order valence-electron chi connectivity index (χ1n) is 5.31. The third-order valence-corrected chi connectivity index (χ3v) is 2.69. The zero-order chi connectivity index (χ0) is 13.8. The first-order valence-corrected chi connectivity index (χ1v) is 5.69. The quantitative estimate of drug-likeness (QED) is 0.925. The zero-order valence-electron chi connectivity index (χ0n) is 9.63. The number of para-hydroxylation sites is 1. The van der Waals surface area contributed by atoms with Crippen LogP contribution in [0.25, 0.3) is 0 Å². The van der Waals surface area contributed by atoms with Crippen molar-refractivity contribution >= 4 is 17.6 Å². The Morgan fingerprint density at radius 3 is 2.58 bits per heavy atom. The lowest BCUT2D eigenvalue weighted by Gasteiger charge is -2.09. The number of hydrogen-bond donors (Lipinski definition) is 1. The highest BCUT2D eigenvalue weighted by Crippen LogP contribution is 2.31. The van der Waals surface area contributed by atoms with Crippen LogP contribution < -0.4 is 4.74 Å². The van der Waals surface area contributed by atoms with Crippen molar-refractivity contribution in [1.29, 1.82) is 5.26 Å². The van der Waals surface area contributed by atoms with Gasteiger partial charge in [0, 0.05) is 0 Å². The maximum atomic E-state index is 11.0. The summed E-state index contributed by atoms with van der Waals surface area (Å²) in [6, 6.07) is 12.7. The van der Waals surface area contributed by atoms with Gasteiger partial charge in [0.2, 0.25) is 0 Å². The van der Waals surface area contributed by atoms with E-state index in [4.69, 9.17) is 26.7 Å². The predicted molar refractivity (Wildman–Crippen MR) is 69.6 cm³/mol. The van der Waals surface area contributed by atoms with Gasteiger partial charge < -0.3 is 9.84 Å². The number of carboxylic acid groups (broad SMARTS) is 1. The Bertz CT molecular complexity index is 677. The molecule has 0 aliphatic rings. The summed E-state index contributed by atoms with van der Waals surface area (Å²) in [5, 5.41) is 18.0. The molecule has 2 rings (SSSR count). The summed E-state index contributed by atoms with van der Waals surface area (Å²) in [6.45, 7) is 0. The number of hydrogen-bond acceptors (Lipinski definition) is 3. The molecule has 0 bridgehead atoms. The molecule has 19 heavy (non-hydrogen) atoms. The van der Waals surface area contributed by atoms with Crippen LogP contribution in [0.4, 0.5) is 0 Å². The van der Waals surface area contributed by atoms with Crippen molar-refractivity contribution in [2.75, 3.05) is 0 Å². The first-order chi connectivity index (χ1) is 9.11. The third-order valence-electron chi connectivity index (χ3n) is 2.40. The largest absolute Gasteiger partial charge is 0.478 e. The summed E-state index contributed by atoms with van der Waals surface area (Å²) in [7, 11) is 0. The van der Waals surface area contributed by atoms with Crippen LogP contribution in [-0.2, 0) is 0 Å². The van der Waals surface area contributed by atoms with Crippen LogP contribution in [0.3, 0.4) is 0 Å². The number of aromatic carboxylic acids is 1. The van der Waals surface area contributed by atoms with E-state index in [-0.39, 0.29) is 16.3 Å². The minimum absolute atomic E-state index is 0.0444. The molecule has 0 radical (unpaired) electrons. The summed E-state index contributed by atoms with van der Waals surface area (Å²) in [6.07, 6.45) is 0. The molecule has 0 saturated heterocycles. The van der Waals surface area contributed by atoms with Crippen molar-refractivity contribution in [3.05, 3.63) is 58.6 Å². The van der Waals surface area contributed by atoms with Gasteiger partial charge in [-0.1, -0.05) is 23.7 Å². The van der Waals surface area contributed by atoms with E-state index in [2.05, 4.69) is 0 Å². The summed E-state index contributed by atoms with van der Waals surface area (Å²) < 4.78 is 5.48. The Kier molecular flexibility index (Phi) is 3.69. The van der Waals surface area contributed by atoms with Crippen LogP contribution in [0.5, 0.6) is 11.5 Å². The second-order valence-electron chi connectivity index (χ2n) is 3.66. The van der Waals surface area contributed by atoms with Gasteiger partial charge in [0.05, 0.1) is 16.7 Å². The molecule has 0 amide bonds. The van der Waals surface area contributed by atoms with Crippen LogP contribution in [0.2, 0.25) is 5.02 Å². The van der Waals surface area contributed by atoms with E-state index in [0.717, 1.165) is 0 Å². The number of rotatable bonds is 3. The maximum Gasteiger partial charge on any atom is 0.339 e. The molecule has 0 aromatic heterocycles. The molecule has 4 nitrogen and oxygen atoms in total. The average molecular weight is 274 g/mol. The van der Waals surface area contributed by atoms with Gasteiger partial charge in [0.1, 0.15) is 17.1 Å². The van der Waals surface area contributed by atoms with Crippen LogP contribution in [0, 0.1) is 11.3 Å². The van der Waals surface area contributed by atoms with Gasteiger partial charge in [0.25, 0.3) is 0 Å². The van der Waals surface area contributed by atoms with Crippen LogP contribution in [0.1, 0.15) is 15.9 Å². The molecule has 2 aromatic carbocycles. The molecule has 2 aromatic rings. The molecular formula is C14H8ClNO3. The summed E-state index contributed by atoms with van der Waals surface area (Å²) >= 11 is 5.97. The highest BCUT2D eigenvalue weighted by molar-refractivity contribution is 6.32. The minimum atomic E-state index is -1.08. The molecule has 0 saturated carbocycles. The molecule has 0 aliphatic carbocycles. The maximum absolute atomic E-state index is 11.0. The highest BCUT2D eigenvalue weighted by atomic mass is 35.5. The second-order valence-corrected chi connectivity index (χ2v) is 4.07. The van der Waals surface area contributed by atoms with Crippen molar-refractivity contribution in [1.82, 2.24) is 0 Å². The van der Waals surface area contributed by atoms with Gasteiger partial charge in [-0.25, -0.2) is 4.79 Å². The molecule has 0 heterocycles. The fraction of sp³-hybridized carbons (Fsp3) is 0. The monoisotopic (exact) mass is 273 g/mol. The Hall–Kier alpha value is -2.51. The van der Waals surface area contributed by atoms with Crippen molar-refractivity contribution in [2.24, 2.45) is 0 Å². The molecule has 94 valence electrons. The average Bonchev–Trinajstić information content (AvgIpc) is 2.41. The lowest BCUT2D eigenvalue weighted by Crippen LogP contribution is -1.99. The lowest BCUT2D eigenvalue weighted by atomic mass is 10.2. The van der Waals surface area contributed by atoms with Crippen LogP contribution in [0.15, 0.2) is 42.5 Å². The van der Waals surface area contributed by atoms with E-state index in [1.165, 1.54) is 24.3 Å². The third kappa shape index (κ3) is 2.84. The molecule has 1 N–H and O–H groups in total. The summed E-state index contributed by atoms with van der Waals surface area (Å²) in [5.41, 5.74) is 0.451. The number of carboxylic acids is 1. The van der Waals surface area contributed by atoms with E-state index in [1.54, 1.807) is 18.2 Å². The Balaban J connectivity index is 2.37. The topological polar surface area (TPSA) is 70.3 Å². The second kappa shape index (κ2) is 5.42. The number of halogens is 1. The molecular weight excluding hydrogens is 266 g/mol. The SMILES string of the molecule is N#Cc1ccc(Oc2ccccc2C(=O)O)c(Cl)c1. The fourth-order valence-electron chi connectivity index (χ4n) is 1.50. The van der Waals surface area contributed by atoms with Crippen LogP contribution >= 0.6 is 11.6 Å². The molecule has 0 unspecified atom stereocenters. The van der Waals surface area contributed by atoms with Gasteiger partial charge >= 0.3 is 5.97 Å². The Labute approximate surface area is 114 Å². The van der Waals surface area contributed by atoms with E-state index in [0.29, 0.717) is 11.3 Å². The van der Waals surface area contributed by atoms with E-state index < -0.39 is 5.97 Å². The lowest BCUT2D eigenvalue weighted by molar-refractivity contribution is 0.0694. The normalized spacial score (nSPS) is 9.68. The molecule has 0 fully saturated rings. The minimum Gasteiger partial charge on any atom is -0.478 e. The summed E-state index contributed by atoms with van der Waals surface area (Å²) in [4.78, 5) is 11.0. The van der Waals surface area contributed by atoms with E-state index in [1.807, 2.05) is 6.07 Å². The first kappa shape index (κ1) is 12.9. The predicted octanol–water partition coefficient (Wildman–Crippen LogP) is 3.70. The van der Waals surface area contributed by atoms with E-state index in [9.17, 15) is 4.79 Å². The van der Waals surface area contributed by atoms with E-state index >= 15 is 0 Å². The number of nitriles is 1. The van der Waals surface area contributed by atoms with Crippen molar-refractivity contribution in [3.63, 3.8) is 0 Å². The molecule has 5 heteroatoms.